The minimum Gasteiger partial charge on any atom is -0.381 e. The molecule has 1 aromatic heterocycles. The van der Waals surface area contributed by atoms with Gasteiger partial charge in [-0.3, -0.25) is 0 Å². The smallest absolute Gasteiger partial charge is 0.166 e. The number of aliphatic hydroxyl groups is 1. The highest BCUT2D eigenvalue weighted by atomic mass is 32.2. The zero-order valence-electron chi connectivity index (χ0n) is 6.73. The third kappa shape index (κ3) is 2.00. The summed E-state index contributed by atoms with van der Waals surface area (Å²) in [5, 5.41) is 8.55. The molecule has 1 heterocycles. The van der Waals surface area contributed by atoms with Crippen LogP contribution in [0.5, 0.6) is 0 Å². The number of thiazole rings is 1. The Morgan fingerprint density at radius 3 is 3.08 bits per heavy atom. The summed E-state index contributed by atoms with van der Waals surface area (Å²) in [5.41, 5.74) is 1.01. The standard InChI is InChI=1S/C8H8N2OS2/c11-5-9-13-8-10-6-3-1-2-4-7(6)12-8/h1-4,9,11H,5H2. The van der Waals surface area contributed by atoms with Gasteiger partial charge in [0, 0.05) is 0 Å². The van der Waals surface area contributed by atoms with Gasteiger partial charge in [0.25, 0.3) is 0 Å². The molecule has 1 aromatic carbocycles. The molecule has 0 aliphatic rings. The van der Waals surface area contributed by atoms with Crippen molar-refractivity contribution in [1.29, 1.82) is 0 Å². The highest BCUT2D eigenvalue weighted by Crippen LogP contribution is 2.27. The van der Waals surface area contributed by atoms with Crippen LogP contribution in [0.2, 0.25) is 0 Å². The van der Waals surface area contributed by atoms with Crippen molar-refractivity contribution in [3.8, 4) is 0 Å². The van der Waals surface area contributed by atoms with Crippen molar-refractivity contribution in [1.82, 2.24) is 9.71 Å². The molecule has 0 bridgehead atoms. The van der Waals surface area contributed by atoms with Crippen LogP contribution in [-0.2, 0) is 0 Å². The molecule has 0 atom stereocenters. The van der Waals surface area contributed by atoms with Crippen molar-refractivity contribution in [2.45, 2.75) is 4.34 Å². The minimum absolute atomic E-state index is 0.0411. The summed E-state index contributed by atoms with van der Waals surface area (Å²) in [4.78, 5) is 4.36. The number of nitrogens with one attached hydrogen (secondary N) is 1. The van der Waals surface area contributed by atoms with Crippen molar-refractivity contribution in [2.24, 2.45) is 0 Å². The van der Waals surface area contributed by atoms with Crippen LogP contribution in [0.1, 0.15) is 0 Å². The second kappa shape index (κ2) is 4.06. The van der Waals surface area contributed by atoms with Crippen molar-refractivity contribution in [3.05, 3.63) is 24.3 Å². The van der Waals surface area contributed by atoms with E-state index in [1.54, 1.807) is 11.3 Å². The molecule has 13 heavy (non-hydrogen) atoms. The van der Waals surface area contributed by atoms with Crippen molar-refractivity contribution < 1.29 is 5.11 Å². The number of rotatable bonds is 3. The molecule has 2 aromatic rings. The Morgan fingerprint density at radius 2 is 2.31 bits per heavy atom. The van der Waals surface area contributed by atoms with E-state index >= 15 is 0 Å². The van der Waals surface area contributed by atoms with Crippen molar-refractivity contribution in [3.63, 3.8) is 0 Å². The first kappa shape index (κ1) is 8.96. The van der Waals surface area contributed by atoms with Crippen LogP contribution in [0.25, 0.3) is 10.2 Å². The molecule has 0 aliphatic heterocycles. The second-order valence-corrected chi connectivity index (χ2v) is 4.52. The third-order valence-electron chi connectivity index (χ3n) is 1.50. The van der Waals surface area contributed by atoms with Gasteiger partial charge in [0.15, 0.2) is 4.34 Å². The summed E-state index contributed by atoms with van der Waals surface area (Å²) in [6.45, 7) is -0.0411. The number of hydrogen-bond acceptors (Lipinski definition) is 5. The van der Waals surface area contributed by atoms with Crippen molar-refractivity contribution in [2.75, 3.05) is 6.73 Å². The summed E-state index contributed by atoms with van der Waals surface area (Å²) in [5.74, 6) is 0. The number of hydrogen-bond donors (Lipinski definition) is 2. The fourth-order valence-corrected chi connectivity index (χ4v) is 2.63. The fourth-order valence-electron chi connectivity index (χ4n) is 0.989. The molecule has 3 nitrogen and oxygen atoms in total. The maximum Gasteiger partial charge on any atom is 0.166 e. The van der Waals surface area contributed by atoms with E-state index in [4.69, 9.17) is 5.11 Å². The average molecular weight is 212 g/mol. The molecule has 0 radical (unpaired) electrons. The zero-order chi connectivity index (χ0) is 9.10. The zero-order valence-corrected chi connectivity index (χ0v) is 8.36. The second-order valence-electron chi connectivity index (χ2n) is 2.35. The molecular weight excluding hydrogens is 204 g/mol. The lowest BCUT2D eigenvalue weighted by Gasteiger charge is -1.92. The topological polar surface area (TPSA) is 45.1 Å². The van der Waals surface area contributed by atoms with Crippen LogP contribution < -0.4 is 4.72 Å². The van der Waals surface area contributed by atoms with E-state index in [0.29, 0.717) is 0 Å². The fraction of sp³-hybridized carbons (Fsp3) is 0.125. The lowest BCUT2D eigenvalue weighted by molar-refractivity contribution is 0.293. The number of aliphatic hydroxyl groups excluding tert-OH is 1. The Balaban J connectivity index is 2.28. The van der Waals surface area contributed by atoms with E-state index in [1.165, 1.54) is 16.6 Å². The first-order chi connectivity index (χ1) is 6.40. The Hall–Kier alpha value is -0.620. The van der Waals surface area contributed by atoms with Gasteiger partial charge in [-0.15, -0.1) is 11.3 Å². The first-order valence-corrected chi connectivity index (χ1v) is 5.39. The largest absolute Gasteiger partial charge is 0.381 e. The van der Waals surface area contributed by atoms with Gasteiger partial charge in [-0.2, -0.15) is 0 Å². The number of para-hydroxylation sites is 1. The molecule has 68 valence electrons. The Morgan fingerprint density at radius 1 is 1.46 bits per heavy atom. The van der Waals surface area contributed by atoms with Gasteiger partial charge >= 0.3 is 0 Å². The number of nitrogens with zero attached hydrogens (tertiary/aromatic N) is 1. The summed E-state index contributed by atoms with van der Waals surface area (Å²) in [7, 11) is 0. The van der Waals surface area contributed by atoms with Crippen LogP contribution in [0.4, 0.5) is 0 Å². The monoisotopic (exact) mass is 212 g/mol. The molecule has 0 spiro atoms. The third-order valence-corrected chi connectivity index (χ3v) is 3.37. The van der Waals surface area contributed by atoms with E-state index < -0.39 is 0 Å². The van der Waals surface area contributed by atoms with Gasteiger partial charge in [-0.25, -0.2) is 9.71 Å². The van der Waals surface area contributed by atoms with Gasteiger partial charge < -0.3 is 5.11 Å². The summed E-state index contributed by atoms with van der Waals surface area (Å²) >= 11 is 2.97. The van der Waals surface area contributed by atoms with Crippen LogP contribution in [0, 0.1) is 0 Å². The average Bonchev–Trinajstić information content (AvgIpc) is 2.57. The van der Waals surface area contributed by atoms with Gasteiger partial charge in [-0.05, 0) is 24.1 Å². The van der Waals surface area contributed by atoms with Crippen LogP contribution >= 0.6 is 23.3 Å². The van der Waals surface area contributed by atoms with Crippen LogP contribution in [0.3, 0.4) is 0 Å². The number of fused-ring (bicyclic) bond motifs is 1. The van der Waals surface area contributed by atoms with Gasteiger partial charge in [0.05, 0.1) is 10.2 Å². The predicted molar refractivity (Wildman–Crippen MR) is 55.7 cm³/mol. The first-order valence-electron chi connectivity index (χ1n) is 3.76. The van der Waals surface area contributed by atoms with Crippen molar-refractivity contribution >= 4 is 33.5 Å². The molecule has 0 amide bonds. The normalized spacial score (nSPS) is 10.8. The quantitative estimate of drug-likeness (QED) is 0.602. The molecule has 0 fully saturated rings. The van der Waals surface area contributed by atoms with Crippen LogP contribution in [0.15, 0.2) is 28.6 Å². The maximum atomic E-state index is 8.55. The lowest BCUT2D eigenvalue weighted by Crippen LogP contribution is -2.02. The molecule has 0 unspecified atom stereocenters. The van der Waals surface area contributed by atoms with Gasteiger partial charge in [-0.1, -0.05) is 12.1 Å². The summed E-state index contributed by atoms with van der Waals surface area (Å²) in [6.07, 6.45) is 0. The summed E-state index contributed by atoms with van der Waals surface area (Å²) < 4.78 is 4.84. The molecule has 0 aliphatic carbocycles. The van der Waals surface area contributed by atoms with Gasteiger partial charge in [0.1, 0.15) is 6.73 Å². The van der Waals surface area contributed by atoms with Crippen LogP contribution in [-0.4, -0.2) is 16.8 Å². The molecule has 2 rings (SSSR count). The van der Waals surface area contributed by atoms with Gasteiger partial charge in [0.2, 0.25) is 0 Å². The Kier molecular flexibility index (Phi) is 2.80. The van der Waals surface area contributed by atoms with E-state index in [0.717, 1.165) is 9.86 Å². The predicted octanol–water partition coefficient (Wildman–Crippen LogP) is 1.84. The highest BCUT2D eigenvalue weighted by molar-refractivity contribution is 7.99. The molecule has 2 N–H and O–H groups in total. The maximum absolute atomic E-state index is 8.55. The Bertz CT molecular complexity index is 369. The lowest BCUT2D eigenvalue weighted by atomic mass is 10.3. The molecule has 5 heteroatoms. The number of aromatic nitrogens is 1. The minimum atomic E-state index is -0.0411. The highest BCUT2D eigenvalue weighted by Gasteiger charge is 2.01. The van der Waals surface area contributed by atoms with E-state index in [-0.39, 0.29) is 6.73 Å². The molecule has 0 saturated carbocycles. The van der Waals surface area contributed by atoms with E-state index in [2.05, 4.69) is 9.71 Å². The van der Waals surface area contributed by atoms with E-state index in [9.17, 15) is 0 Å². The molecule has 0 saturated heterocycles. The molecular formula is C8H8N2OS2. The number of benzene rings is 1. The van der Waals surface area contributed by atoms with E-state index in [1.807, 2.05) is 24.3 Å². The SMILES string of the molecule is OCNSc1nc2ccccc2s1. The summed E-state index contributed by atoms with van der Waals surface area (Å²) in [6, 6.07) is 7.98. The Labute approximate surface area is 83.9 Å².